The minimum Gasteiger partial charge on any atom is -0.478 e. The van der Waals surface area contributed by atoms with Gasteiger partial charge in [-0.05, 0) is 17.7 Å². The van der Waals surface area contributed by atoms with Crippen molar-refractivity contribution in [2.24, 2.45) is 0 Å². The number of carboxylic acid groups (broad SMARTS) is 1. The Morgan fingerprint density at radius 2 is 2.00 bits per heavy atom. The van der Waals surface area contributed by atoms with Gasteiger partial charge in [0.2, 0.25) is 0 Å². The highest BCUT2D eigenvalue weighted by molar-refractivity contribution is 5.99. The predicted octanol–water partition coefficient (Wildman–Crippen LogP) is 2.36. The largest absolute Gasteiger partial charge is 0.478 e. The van der Waals surface area contributed by atoms with E-state index in [1.165, 1.54) is 18.3 Å². The molecule has 1 aromatic carbocycles. The fraction of sp³-hybridized carbons (Fsp3) is 0.133. The van der Waals surface area contributed by atoms with Crippen LogP contribution >= 0.6 is 0 Å². The Hall–Kier alpha value is -2.53. The van der Waals surface area contributed by atoms with Crippen molar-refractivity contribution in [2.45, 2.75) is 6.61 Å². The summed E-state index contributed by atoms with van der Waals surface area (Å²) in [4.78, 5) is 14.8. The van der Waals surface area contributed by atoms with Crippen molar-refractivity contribution in [3.63, 3.8) is 0 Å². The van der Waals surface area contributed by atoms with Gasteiger partial charge in [-0.2, -0.15) is 0 Å². The van der Waals surface area contributed by atoms with Gasteiger partial charge in [-0.3, -0.25) is 4.98 Å². The molecule has 2 rings (SSSR count). The van der Waals surface area contributed by atoms with E-state index in [1.807, 2.05) is 30.3 Å². The third kappa shape index (κ3) is 3.73. The second kappa shape index (κ2) is 6.58. The smallest absolute Gasteiger partial charge is 0.335 e. The summed E-state index contributed by atoms with van der Waals surface area (Å²) >= 11 is 0. The molecule has 20 heavy (non-hydrogen) atoms. The molecule has 0 aliphatic carbocycles. The summed E-state index contributed by atoms with van der Waals surface area (Å²) < 4.78 is 5.42. The summed E-state index contributed by atoms with van der Waals surface area (Å²) in [6.45, 7) is 0.493. The van der Waals surface area contributed by atoms with Crippen LogP contribution in [0.1, 0.15) is 21.6 Å². The second-order valence-electron chi connectivity index (χ2n) is 4.19. The lowest BCUT2D eigenvalue weighted by molar-refractivity contribution is 0.0696. The van der Waals surface area contributed by atoms with E-state index < -0.39 is 5.97 Å². The molecule has 0 saturated heterocycles. The van der Waals surface area contributed by atoms with Crippen molar-refractivity contribution < 1.29 is 14.6 Å². The zero-order valence-electron chi connectivity index (χ0n) is 10.7. The van der Waals surface area contributed by atoms with E-state index in [2.05, 4.69) is 4.98 Å². The summed E-state index contributed by atoms with van der Waals surface area (Å²) in [5, 5.41) is 16.7. The van der Waals surface area contributed by atoms with E-state index in [9.17, 15) is 4.79 Å². The highest BCUT2D eigenvalue weighted by Crippen LogP contribution is 2.05. The third-order valence-electron chi connectivity index (χ3n) is 2.67. The molecule has 1 aromatic heterocycles. The van der Waals surface area contributed by atoms with E-state index in [0.717, 1.165) is 5.56 Å². The van der Waals surface area contributed by atoms with Gasteiger partial charge in [-0.25, -0.2) is 4.79 Å². The van der Waals surface area contributed by atoms with E-state index in [0.29, 0.717) is 12.3 Å². The molecule has 2 aromatic rings. The van der Waals surface area contributed by atoms with Crippen LogP contribution in [0.5, 0.6) is 0 Å². The van der Waals surface area contributed by atoms with Gasteiger partial charge >= 0.3 is 5.97 Å². The van der Waals surface area contributed by atoms with Gasteiger partial charge in [0.05, 0.1) is 30.2 Å². The summed E-state index contributed by atoms with van der Waals surface area (Å²) in [6, 6.07) is 12.4. The maximum Gasteiger partial charge on any atom is 0.335 e. The van der Waals surface area contributed by atoms with Crippen LogP contribution in [0.3, 0.4) is 0 Å². The molecule has 0 unspecified atom stereocenters. The van der Waals surface area contributed by atoms with Gasteiger partial charge in [0.1, 0.15) is 0 Å². The number of nitrogens with one attached hydrogen (secondary N) is 1. The number of pyridine rings is 1. The fourth-order valence-corrected chi connectivity index (χ4v) is 1.65. The van der Waals surface area contributed by atoms with Gasteiger partial charge in [0, 0.05) is 6.20 Å². The van der Waals surface area contributed by atoms with E-state index in [4.69, 9.17) is 15.3 Å². The van der Waals surface area contributed by atoms with Gasteiger partial charge in [0.15, 0.2) is 0 Å². The van der Waals surface area contributed by atoms with Crippen LogP contribution in [0, 0.1) is 5.41 Å². The van der Waals surface area contributed by atoms with Crippen molar-refractivity contribution in [1.82, 2.24) is 4.98 Å². The Labute approximate surface area is 116 Å². The molecule has 0 radical (unpaired) electrons. The second-order valence-corrected chi connectivity index (χ2v) is 4.19. The summed E-state index contributed by atoms with van der Waals surface area (Å²) in [5.74, 6) is -1.04. The Kier molecular flexibility index (Phi) is 4.57. The first kappa shape index (κ1) is 13.9. The monoisotopic (exact) mass is 270 g/mol. The van der Waals surface area contributed by atoms with Crippen LogP contribution in [0.25, 0.3) is 0 Å². The number of carboxylic acids is 1. The van der Waals surface area contributed by atoms with E-state index in [-0.39, 0.29) is 17.9 Å². The molecular weight excluding hydrogens is 256 g/mol. The molecule has 0 amide bonds. The lowest BCUT2D eigenvalue weighted by Crippen LogP contribution is -2.12. The Bertz CT molecular complexity index is 612. The summed E-state index contributed by atoms with van der Waals surface area (Å²) in [6.07, 6.45) is 1.38. The first-order valence-corrected chi connectivity index (χ1v) is 6.05. The van der Waals surface area contributed by atoms with Crippen LogP contribution in [-0.2, 0) is 11.3 Å². The first-order chi connectivity index (χ1) is 9.66. The van der Waals surface area contributed by atoms with Crippen LogP contribution in [0.2, 0.25) is 0 Å². The van der Waals surface area contributed by atoms with E-state index >= 15 is 0 Å². The molecule has 0 aliphatic heterocycles. The maximum absolute atomic E-state index is 10.8. The number of aromatic carboxylic acids is 1. The Morgan fingerprint density at radius 3 is 2.70 bits per heavy atom. The SMILES string of the molecule is N=C(COCc1ccccc1)c1cc(C(=O)O)ccn1. The summed E-state index contributed by atoms with van der Waals surface area (Å²) in [5.41, 5.74) is 1.61. The van der Waals surface area contributed by atoms with Crippen LogP contribution in [0.4, 0.5) is 0 Å². The molecule has 1 heterocycles. The number of benzene rings is 1. The van der Waals surface area contributed by atoms with Crippen LogP contribution in [-0.4, -0.2) is 28.4 Å². The molecule has 0 aliphatic rings. The minimum atomic E-state index is -1.04. The maximum atomic E-state index is 10.8. The van der Waals surface area contributed by atoms with E-state index in [1.54, 1.807) is 0 Å². The lowest BCUT2D eigenvalue weighted by Gasteiger charge is -2.06. The number of carbonyl (C=O) groups is 1. The number of aromatic nitrogens is 1. The average Bonchev–Trinajstić information content (AvgIpc) is 2.48. The highest BCUT2D eigenvalue weighted by atomic mass is 16.5. The topological polar surface area (TPSA) is 83.3 Å². The molecule has 0 fully saturated rings. The zero-order chi connectivity index (χ0) is 14.4. The highest BCUT2D eigenvalue weighted by Gasteiger charge is 2.08. The number of nitrogens with zero attached hydrogens (tertiary/aromatic N) is 1. The molecule has 0 spiro atoms. The van der Waals surface area contributed by atoms with Gasteiger partial charge in [-0.15, -0.1) is 0 Å². The molecule has 5 nitrogen and oxygen atoms in total. The van der Waals surface area contributed by atoms with Crippen molar-refractivity contribution >= 4 is 11.7 Å². The number of hydrogen-bond acceptors (Lipinski definition) is 4. The minimum absolute atomic E-state index is 0.0883. The number of rotatable bonds is 6. The molecule has 5 heteroatoms. The number of hydrogen-bond donors (Lipinski definition) is 2. The Morgan fingerprint density at radius 1 is 1.25 bits per heavy atom. The normalized spacial score (nSPS) is 10.2. The molecular formula is C15H14N2O3. The number of ether oxygens (including phenoxy) is 1. The standard InChI is InChI=1S/C15H14N2O3/c16-13(10-20-9-11-4-2-1-3-5-11)14-8-12(15(18)19)6-7-17-14/h1-8,16H,9-10H2,(H,18,19). The first-order valence-electron chi connectivity index (χ1n) is 6.05. The van der Waals surface area contributed by atoms with Crippen molar-refractivity contribution in [1.29, 1.82) is 5.41 Å². The third-order valence-corrected chi connectivity index (χ3v) is 2.67. The average molecular weight is 270 g/mol. The van der Waals surface area contributed by atoms with Gasteiger partial charge in [0.25, 0.3) is 0 Å². The molecule has 0 saturated carbocycles. The van der Waals surface area contributed by atoms with Gasteiger partial charge in [-0.1, -0.05) is 30.3 Å². The molecule has 102 valence electrons. The predicted molar refractivity (Wildman–Crippen MR) is 74.1 cm³/mol. The summed E-state index contributed by atoms with van der Waals surface area (Å²) in [7, 11) is 0. The van der Waals surface area contributed by atoms with Crippen molar-refractivity contribution in [2.75, 3.05) is 6.61 Å². The molecule has 0 atom stereocenters. The van der Waals surface area contributed by atoms with Crippen molar-refractivity contribution in [3.05, 3.63) is 65.5 Å². The van der Waals surface area contributed by atoms with Gasteiger partial charge < -0.3 is 15.3 Å². The zero-order valence-corrected chi connectivity index (χ0v) is 10.7. The Balaban J connectivity index is 1.92. The fourth-order valence-electron chi connectivity index (χ4n) is 1.65. The molecule has 2 N–H and O–H groups in total. The van der Waals surface area contributed by atoms with Crippen LogP contribution < -0.4 is 0 Å². The van der Waals surface area contributed by atoms with Crippen LogP contribution in [0.15, 0.2) is 48.7 Å². The quantitative estimate of drug-likeness (QED) is 0.789. The lowest BCUT2D eigenvalue weighted by atomic mass is 10.2. The van der Waals surface area contributed by atoms with Crippen molar-refractivity contribution in [3.8, 4) is 0 Å². The molecule has 0 bridgehead atoms.